The van der Waals surface area contributed by atoms with Crippen molar-refractivity contribution in [3.8, 4) is 0 Å². The van der Waals surface area contributed by atoms with Gasteiger partial charge in [-0.1, -0.05) is 12.8 Å². The molecule has 0 bridgehead atoms. The number of piperidine rings is 1. The Labute approximate surface area is 123 Å². The number of hydrogen-bond donors (Lipinski definition) is 2. The van der Waals surface area contributed by atoms with E-state index in [0.29, 0.717) is 25.3 Å². The standard InChI is InChI=1S/C15H20FN3O2/c16-12-4-5-13(17-9-12)18-14(20)19-8-7-15(21)6-2-1-3-11(15)10-19/h4-5,9,11,21H,1-3,6-8,10H2,(H,17,18,20). The maximum absolute atomic E-state index is 12.8. The van der Waals surface area contributed by atoms with E-state index in [4.69, 9.17) is 0 Å². The molecule has 1 aromatic rings. The van der Waals surface area contributed by atoms with Crippen LogP contribution in [0.2, 0.25) is 0 Å². The van der Waals surface area contributed by atoms with Gasteiger partial charge in [0.05, 0.1) is 11.8 Å². The molecule has 21 heavy (non-hydrogen) atoms. The van der Waals surface area contributed by atoms with Crippen molar-refractivity contribution < 1.29 is 14.3 Å². The van der Waals surface area contributed by atoms with Gasteiger partial charge >= 0.3 is 6.03 Å². The molecule has 1 saturated carbocycles. The van der Waals surface area contributed by atoms with Gasteiger partial charge in [-0.3, -0.25) is 5.32 Å². The van der Waals surface area contributed by atoms with Crippen LogP contribution in [-0.4, -0.2) is 39.7 Å². The summed E-state index contributed by atoms with van der Waals surface area (Å²) in [6.07, 6.45) is 5.69. The highest BCUT2D eigenvalue weighted by molar-refractivity contribution is 5.88. The molecule has 1 saturated heterocycles. The van der Waals surface area contributed by atoms with Crippen molar-refractivity contribution in [2.24, 2.45) is 5.92 Å². The number of carbonyl (C=O) groups excluding carboxylic acids is 1. The molecule has 0 aromatic carbocycles. The number of hydrogen-bond acceptors (Lipinski definition) is 3. The van der Waals surface area contributed by atoms with Crippen molar-refractivity contribution in [2.75, 3.05) is 18.4 Å². The van der Waals surface area contributed by atoms with E-state index in [1.54, 1.807) is 4.90 Å². The third kappa shape index (κ3) is 3.00. The number of pyridine rings is 1. The number of nitrogens with zero attached hydrogens (tertiary/aromatic N) is 2. The molecule has 5 nitrogen and oxygen atoms in total. The number of anilines is 1. The highest BCUT2D eigenvalue weighted by atomic mass is 19.1. The average molecular weight is 293 g/mol. The summed E-state index contributed by atoms with van der Waals surface area (Å²) >= 11 is 0. The summed E-state index contributed by atoms with van der Waals surface area (Å²) in [5.41, 5.74) is -0.594. The smallest absolute Gasteiger partial charge is 0.323 e. The second-order valence-corrected chi connectivity index (χ2v) is 6.03. The molecule has 1 aromatic heterocycles. The quantitative estimate of drug-likeness (QED) is 0.835. The van der Waals surface area contributed by atoms with Gasteiger partial charge in [0, 0.05) is 19.0 Å². The molecule has 6 heteroatoms. The summed E-state index contributed by atoms with van der Waals surface area (Å²) in [5.74, 6) is 0.0658. The molecule has 2 aliphatic rings. The largest absolute Gasteiger partial charge is 0.389 e. The number of amides is 2. The Balaban J connectivity index is 1.62. The van der Waals surface area contributed by atoms with Gasteiger partial charge in [-0.2, -0.15) is 0 Å². The van der Waals surface area contributed by atoms with Crippen LogP contribution in [0.1, 0.15) is 32.1 Å². The zero-order valence-corrected chi connectivity index (χ0v) is 11.9. The Morgan fingerprint density at radius 1 is 1.43 bits per heavy atom. The zero-order valence-electron chi connectivity index (χ0n) is 11.9. The van der Waals surface area contributed by atoms with Crippen molar-refractivity contribution in [3.05, 3.63) is 24.1 Å². The summed E-state index contributed by atoms with van der Waals surface area (Å²) in [7, 11) is 0. The van der Waals surface area contributed by atoms with Crippen LogP contribution < -0.4 is 5.32 Å². The minimum absolute atomic E-state index is 0.159. The van der Waals surface area contributed by atoms with Gasteiger partial charge in [0.25, 0.3) is 0 Å². The lowest BCUT2D eigenvalue weighted by atomic mass is 9.71. The average Bonchev–Trinajstić information content (AvgIpc) is 2.48. The number of nitrogens with one attached hydrogen (secondary N) is 1. The van der Waals surface area contributed by atoms with Gasteiger partial charge in [-0.15, -0.1) is 0 Å². The first-order valence-electron chi connectivity index (χ1n) is 7.47. The van der Waals surface area contributed by atoms with Crippen LogP contribution in [0.15, 0.2) is 18.3 Å². The lowest BCUT2D eigenvalue weighted by Crippen LogP contribution is -2.55. The van der Waals surface area contributed by atoms with Gasteiger partial charge in [0.2, 0.25) is 0 Å². The topological polar surface area (TPSA) is 65.5 Å². The lowest BCUT2D eigenvalue weighted by molar-refractivity contribution is -0.0863. The fourth-order valence-corrected chi connectivity index (χ4v) is 3.39. The van der Waals surface area contributed by atoms with Gasteiger partial charge < -0.3 is 10.0 Å². The molecule has 2 heterocycles. The van der Waals surface area contributed by atoms with Crippen LogP contribution in [0.5, 0.6) is 0 Å². The summed E-state index contributed by atoms with van der Waals surface area (Å²) in [5, 5.41) is 13.3. The first-order valence-corrected chi connectivity index (χ1v) is 7.47. The Morgan fingerprint density at radius 3 is 3.05 bits per heavy atom. The molecule has 3 rings (SSSR count). The number of halogens is 1. The molecule has 114 valence electrons. The summed E-state index contributed by atoms with van der Waals surface area (Å²) < 4.78 is 12.8. The number of fused-ring (bicyclic) bond motifs is 1. The van der Waals surface area contributed by atoms with Gasteiger partial charge in [0.15, 0.2) is 0 Å². The van der Waals surface area contributed by atoms with Gasteiger partial charge in [-0.25, -0.2) is 14.2 Å². The maximum atomic E-state index is 12.8. The van der Waals surface area contributed by atoms with Crippen LogP contribution in [0.3, 0.4) is 0 Å². The number of rotatable bonds is 1. The molecule has 1 aliphatic heterocycles. The van der Waals surface area contributed by atoms with Crippen molar-refractivity contribution in [1.82, 2.24) is 9.88 Å². The first-order chi connectivity index (χ1) is 10.1. The molecule has 2 fully saturated rings. The van der Waals surface area contributed by atoms with E-state index in [-0.39, 0.29) is 11.9 Å². The van der Waals surface area contributed by atoms with Crippen LogP contribution in [0.4, 0.5) is 15.0 Å². The number of urea groups is 1. The fraction of sp³-hybridized carbons (Fsp3) is 0.600. The van der Waals surface area contributed by atoms with Crippen LogP contribution in [-0.2, 0) is 0 Å². The normalized spacial score (nSPS) is 28.9. The van der Waals surface area contributed by atoms with Crippen molar-refractivity contribution in [2.45, 2.75) is 37.7 Å². The minimum Gasteiger partial charge on any atom is -0.389 e. The maximum Gasteiger partial charge on any atom is 0.323 e. The summed E-state index contributed by atoms with van der Waals surface area (Å²) in [4.78, 5) is 17.8. The van der Waals surface area contributed by atoms with E-state index >= 15 is 0 Å². The summed E-state index contributed by atoms with van der Waals surface area (Å²) in [6, 6.07) is 2.47. The van der Waals surface area contributed by atoms with Crippen molar-refractivity contribution in [3.63, 3.8) is 0 Å². The predicted molar refractivity (Wildman–Crippen MR) is 76.3 cm³/mol. The van der Waals surface area contributed by atoms with E-state index in [1.807, 2.05) is 0 Å². The molecular formula is C15H20FN3O2. The molecule has 2 atom stereocenters. The predicted octanol–water partition coefficient (Wildman–Crippen LogP) is 2.38. The Morgan fingerprint density at radius 2 is 2.29 bits per heavy atom. The number of carbonyl (C=O) groups is 1. The van der Waals surface area contributed by atoms with E-state index < -0.39 is 11.4 Å². The van der Waals surface area contributed by atoms with Crippen LogP contribution in [0, 0.1) is 11.7 Å². The Kier molecular flexibility index (Phi) is 3.80. The third-order valence-corrected chi connectivity index (χ3v) is 4.68. The van der Waals surface area contributed by atoms with Gasteiger partial charge in [-0.05, 0) is 31.4 Å². The Hall–Kier alpha value is -1.69. The summed E-state index contributed by atoms with van der Waals surface area (Å²) in [6.45, 7) is 1.11. The third-order valence-electron chi connectivity index (χ3n) is 4.68. The van der Waals surface area contributed by atoms with E-state index in [0.717, 1.165) is 31.9 Å². The second kappa shape index (κ2) is 5.60. The first kappa shape index (κ1) is 14.3. The zero-order chi connectivity index (χ0) is 14.9. The van der Waals surface area contributed by atoms with E-state index in [1.165, 1.54) is 12.1 Å². The molecule has 2 amide bonds. The second-order valence-electron chi connectivity index (χ2n) is 6.03. The van der Waals surface area contributed by atoms with Crippen LogP contribution >= 0.6 is 0 Å². The van der Waals surface area contributed by atoms with Gasteiger partial charge in [0.1, 0.15) is 11.6 Å². The van der Waals surface area contributed by atoms with Crippen molar-refractivity contribution >= 4 is 11.8 Å². The van der Waals surface area contributed by atoms with Crippen LogP contribution in [0.25, 0.3) is 0 Å². The molecule has 1 aliphatic carbocycles. The number of aromatic nitrogens is 1. The molecular weight excluding hydrogens is 273 g/mol. The molecule has 2 N–H and O–H groups in total. The fourth-order valence-electron chi connectivity index (χ4n) is 3.39. The highest BCUT2D eigenvalue weighted by Crippen LogP contribution is 2.39. The molecule has 0 radical (unpaired) electrons. The molecule has 0 spiro atoms. The number of likely N-dealkylation sites (tertiary alicyclic amines) is 1. The van der Waals surface area contributed by atoms with Crippen molar-refractivity contribution in [1.29, 1.82) is 0 Å². The minimum atomic E-state index is -0.594. The van der Waals surface area contributed by atoms with E-state index in [2.05, 4.69) is 10.3 Å². The monoisotopic (exact) mass is 293 g/mol. The van der Waals surface area contributed by atoms with E-state index in [9.17, 15) is 14.3 Å². The SMILES string of the molecule is O=C(Nc1ccc(F)cn1)N1CCC2(O)CCCCC2C1. The number of aliphatic hydroxyl groups is 1. The molecule has 2 unspecified atom stereocenters. The lowest BCUT2D eigenvalue weighted by Gasteiger charge is -2.47. The highest BCUT2D eigenvalue weighted by Gasteiger charge is 2.43. The Bertz CT molecular complexity index is 522.